The van der Waals surface area contributed by atoms with E-state index >= 15 is 0 Å². The monoisotopic (exact) mass is 259 g/mol. The quantitative estimate of drug-likeness (QED) is 0.831. The topological polar surface area (TPSA) is 46.8 Å². The Bertz CT molecular complexity index is 514. The Kier molecular flexibility index (Phi) is 4.49. The standard InChI is InChI=1S/C12H15N5.C2H6/c1-10-8-14-17(9-10)12-13-5-4-11(15-12)16-6-2-3-7-16;1-2/h4-5,8-9H,2-3,6-7H2,1H3;1-2H3. The van der Waals surface area contributed by atoms with Crippen LogP contribution >= 0.6 is 0 Å². The summed E-state index contributed by atoms with van der Waals surface area (Å²) in [6.45, 7) is 8.19. The van der Waals surface area contributed by atoms with Crippen LogP contribution < -0.4 is 4.90 Å². The maximum atomic E-state index is 4.55. The first-order chi connectivity index (χ1) is 9.33. The highest BCUT2D eigenvalue weighted by Gasteiger charge is 2.14. The minimum Gasteiger partial charge on any atom is -0.356 e. The fraction of sp³-hybridized carbons (Fsp3) is 0.500. The van der Waals surface area contributed by atoms with Crippen molar-refractivity contribution in [1.29, 1.82) is 0 Å². The van der Waals surface area contributed by atoms with Crippen LogP contribution in [-0.2, 0) is 0 Å². The molecule has 0 radical (unpaired) electrons. The van der Waals surface area contributed by atoms with E-state index in [1.54, 1.807) is 10.9 Å². The molecule has 1 saturated heterocycles. The summed E-state index contributed by atoms with van der Waals surface area (Å²) in [5.74, 6) is 1.64. The zero-order valence-electron chi connectivity index (χ0n) is 11.9. The first kappa shape index (κ1) is 13.5. The Balaban J connectivity index is 0.000000637. The second-order valence-electron chi connectivity index (χ2n) is 4.37. The first-order valence-electron chi connectivity index (χ1n) is 6.92. The molecule has 0 atom stereocenters. The molecule has 102 valence electrons. The van der Waals surface area contributed by atoms with E-state index in [1.807, 2.05) is 39.2 Å². The molecule has 0 bridgehead atoms. The van der Waals surface area contributed by atoms with Crippen molar-refractivity contribution in [2.75, 3.05) is 18.0 Å². The third-order valence-corrected chi connectivity index (χ3v) is 2.97. The van der Waals surface area contributed by atoms with Gasteiger partial charge in [-0.2, -0.15) is 10.1 Å². The molecule has 0 spiro atoms. The van der Waals surface area contributed by atoms with E-state index in [4.69, 9.17) is 0 Å². The third-order valence-electron chi connectivity index (χ3n) is 2.97. The molecule has 2 aromatic rings. The number of nitrogens with zero attached hydrogens (tertiary/aromatic N) is 5. The fourth-order valence-corrected chi connectivity index (χ4v) is 2.09. The van der Waals surface area contributed by atoms with E-state index < -0.39 is 0 Å². The van der Waals surface area contributed by atoms with Crippen molar-refractivity contribution in [2.45, 2.75) is 33.6 Å². The van der Waals surface area contributed by atoms with E-state index in [9.17, 15) is 0 Å². The molecule has 5 nitrogen and oxygen atoms in total. The van der Waals surface area contributed by atoms with Crippen LogP contribution in [0.25, 0.3) is 5.95 Å². The van der Waals surface area contributed by atoms with Gasteiger partial charge in [0.1, 0.15) is 5.82 Å². The molecule has 0 amide bonds. The van der Waals surface area contributed by atoms with Gasteiger partial charge in [-0.25, -0.2) is 9.67 Å². The van der Waals surface area contributed by atoms with E-state index in [0.717, 1.165) is 24.5 Å². The molecule has 2 aromatic heterocycles. The van der Waals surface area contributed by atoms with Crippen LogP contribution in [0.2, 0.25) is 0 Å². The average molecular weight is 259 g/mol. The van der Waals surface area contributed by atoms with Gasteiger partial charge in [0.25, 0.3) is 5.95 Å². The van der Waals surface area contributed by atoms with E-state index in [1.165, 1.54) is 12.8 Å². The second kappa shape index (κ2) is 6.31. The van der Waals surface area contributed by atoms with Gasteiger partial charge < -0.3 is 4.90 Å². The van der Waals surface area contributed by atoms with Crippen LogP contribution in [0.4, 0.5) is 5.82 Å². The Morgan fingerprint density at radius 1 is 1.16 bits per heavy atom. The summed E-state index contributed by atoms with van der Waals surface area (Å²) in [7, 11) is 0. The van der Waals surface area contributed by atoms with Gasteiger partial charge in [0.15, 0.2) is 0 Å². The highest BCUT2D eigenvalue weighted by Crippen LogP contribution is 2.17. The first-order valence-corrected chi connectivity index (χ1v) is 6.92. The van der Waals surface area contributed by atoms with Gasteiger partial charge in [-0.3, -0.25) is 0 Å². The number of hydrogen-bond acceptors (Lipinski definition) is 4. The second-order valence-corrected chi connectivity index (χ2v) is 4.37. The molecular formula is C14H21N5. The normalized spacial score (nSPS) is 14.2. The average Bonchev–Trinajstić information content (AvgIpc) is 3.12. The molecule has 0 saturated carbocycles. The summed E-state index contributed by atoms with van der Waals surface area (Å²) in [5, 5.41) is 4.23. The molecule has 0 unspecified atom stereocenters. The summed E-state index contributed by atoms with van der Waals surface area (Å²) in [6.07, 6.45) is 8.04. The van der Waals surface area contributed by atoms with Crippen molar-refractivity contribution in [1.82, 2.24) is 19.7 Å². The van der Waals surface area contributed by atoms with E-state index in [0.29, 0.717) is 5.95 Å². The molecule has 1 aliphatic heterocycles. The molecule has 19 heavy (non-hydrogen) atoms. The largest absolute Gasteiger partial charge is 0.356 e. The van der Waals surface area contributed by atoms with Crippen LogP contribution in [-0.4, -0.2) is 32.8 Å². The molecule has 3 rings (SSSR count). The summed E-state index contributed by atoms with van der Waals surface area (Å²) in [5.41, 5.74) is 1.11. The van der Waals surface area contributed by atoms with Gasteiger partial charge in [-0.05, 0) is 31.4 Å². The van der Waals surface area contributed by atoms with Gasteiger partial charge in [0, 0.05) is 25.5 Å². The van der Waals surface area contributed by atoms with Crippen molar-refractivity contribution < 1.29 is 0 Å². The summed E-state index contributed by atoms with van der Waals surface area (Å²) in [4.78, 5) is 11.1. The number of anilines is 1. The van der Waals surface area contributed by atoms with Crippen molar-refractivity contribution in [3.63, 3.8) is 0 Å². The maximum Gasteiger partial charge on any atom is 0.252 e. The van der Waals surface area contributed by atoms with E-state index in [-0.39, 0.29) is 0 Å². The van der Waals surface area contributed by atoms with Crippen LogP contribution in [0.15, 0.2) is 24.7 Å². The summed E-state index contributed by atoms with van der Waals surface area (Å²) >= 11 is 0. The predicted octanol–water partition coefficient (Wildman–Crippen LogP) is 2.60. The van der Waals surface area contributed by atoms with Crippen LogP contribution in [0, 0.1) is 6.92 Å². The number of aryl methyl sites for hydroxylation is 1. The fourth-order valence-electron chi connectivity index (χ4n) is 2.09. The highest BCUT2D eigenvalue weighted by atomic mass is 15.4. The minimum atomic E-state index is 0.641. The summed E-state index contributed by atoms with van der Waals surface area (Å²) < 4.78 is 1.72. The molecule has 3 heterocycles. The predicted molar refractivity (Wildman–Crippen MR) is 76.7 cm³/mol. The minimum absolute atomic E-state index is 0.641. The van der Waals surface area contributed by atoms with Crippen molar-refractivity contribution in [3.8, 4) is 5.95 Å². The molecule has 1 aliphatic rings. The van der Waals surface area contributed by atoms with Gasteiger partial charge in [0.05, 0.1) is 6.20 Å². The van der Waals surface area contributed by atoms with E-state index in [2.05, 4.69) is 20.0 Å². The van der Waals surface area contributed by atoms with Crippen molar-refractivity contribution in [2.24, 2.45) is 0 Å². The van der Waals surface area contributed by atoms with Crippen LogP contribution in [0.3, 0.4) is 0 Å². The lowest BCUT2D eigenvalue weighted by Gasteiger charge is -2.16. The number of hydrogen-bond donors (Lipinski definition) is 0. The number of rotatable bonds is 2. The molecule has 0 aliphatic carbocycles. The highest BCUT2D eigenvalue weighted by molar-refractivity contribution is 5.40. The Labute approximate surface area is 114 Å². The SMILES string of the molecule is CC.Cc1cnn(-c2nccc(N3CCCC3)n2)c1. The maximum absolute atomic E-state index is 4.55. The van der Waals surface area contributed by atoms with Crippen LogP contribution in [0.1, 0.15) is 32.3 Å². The van der Waals surface area contributed by atoms with Crippen molar-refractivity contribution >= 4 is 5.82 Å². The molecule has 1 fully saturated rings. The van der Waals surface area contributed by atoms with Gasteiger partial charge >= 0.3 is 0 Å². The van der Waals surface area contributed by atoms with Crippen molar-refractivity contribution in [3.05, 3.63) is 30.2 Å². The Hall–Kier alpha value is -1.91. The lowest BCUT2D eigenvalue weighted by atomic mass is 10.4. The molecular weight excluding hydrogens is 238 g/mol. The van der Waals surface area contributed by atoms with Gasteiger partial charge in [-0.1, -0.05) is 13.8 Å². The lowest BCUT2D eigenvalue weighted by molar-refractivity contribution is 0.797. The Morgan fingerprint density at radius 3 is 2.53 bits per heavy atom. The third kappa shape index (κ3) is 3.10. The van der Waals surface area contributed by atoms with Gasteiger partial charge in [-0.15, -0.1) is 0 Å². The number of aromatic nitrogens is 4. The molecule has 0 aromatic carbocycles. The lowest BCUT2D eigenvalue weighted by Crippen LogP contribution is -2.19. The zero-order valence-corrected chi connectivity index (χ0v) is 11.9. The van der Waals surface area contributed by atoms with Gasteiger partial charge in [0.2, 0.25) is 0 Å². The molecule has 0 N–H and O–H groups in total. The summed E-state index contributed by atoms with van der Waals surface area (Å²) in [6, 6.07) is 1.96. The molecule has 5 heteroatoms. The van der Waals surface area contributed by atoms with Crippen LogP contribution in [0.5, 0.6) is 0 Å². The smallest absolute Gasteiger partial charge is 0.252 e. The Morgan fingerprint density at radius 2 is 1.89 bits per heavy atom. The zero-order chi connectivity index (χ0) is 13.7.